The fourth-order valence-corrected chi connectivity index (χ4v) is 2.21. The van der Waals surface area contributed by atoms with Crippen LogP contribution < -0.4 is 15.8 Å². The number of benzene rings is 1. The number of hydrogen-bond acceptors (Lipinski definition) is 4. The normalized spacial score (nSPS) is 18.3. The van der Waals surface area contributed by atoms with Crippen LogP contribution in [0.4, 0.5) is 11.4 Å². The standard InChI is InChI=1S/C14H22N2O2/c1-3-18-12-6-4-5-11(13(12)15)16-14(2)7-9-17-10-8-14/h4-6,16H,3,7-10,15H2,1-2H3. The van der Waals surface area contributed by atoms with Gasteiger partial charge in [-0.1, -0.05) is 6.07 Å². The maximum absolute atomic E-state index is 6.13. The highest BCUT2D eigenvalue weighted by atomic mass is 16.5. The van der Waals surface area contributed by atoms with Crippen LogP contribution in [0, 0.1) is 0 Å². The molecule has 0 aliphatic carbocycles. The van der Waals surface area contributed by atoms with Gasteiger partial charge in [0.25, 0.3) is 0 Å². The Morgan fingerprint density at radius 2 is 2.11 bits per heavy atom. The lowest BCUT2D eigenvalue weighted by Gasteiger charge is -2.36. The fourth-order valence-electron chi connectivity index (χ4n) is 2.21. The lowest BCUT2D eigenvalue weighted by molar-refractivity contribution is 0.0658. The highest BCUT2D eigenvalue weighted by Crippen LogP contribution is 2.33. The third-order valence-corrected chi connectivity index (χ3v) is 3.40. The third kappa shape index (κ3) is 2.88. The first-order valence-corrected chi connectivity index (χ1v) is 6.52. The van der Waals surface area contributed by atoms with Crippen LogP contribution in [0.2, 0.25) is 0 Å². The van der Waals surface area contributed by atoms with E-state index >= 15 is 0 Å². The zero-order valence-corrected chi connectivity index (χ0v) is 11.2. The van der Waals surface area contributed by atoms with Gasteiger partial charge < -0.3 is 20.5 Å². The molecule has 18 heavy (non-hydrogen) atoms. The summed E-state index contributed by atoms with van der Waals surface area (Å²) in [5.74, 6) is 0.748. The van der Waals surface area contributed by atoms with Gasteiger partial charge in [-0.3, -0.25) is 0 Å². The summed E-state index contributed by atoms with van der Waals surface area (Å²) in [4.78, 5) is 0. The van der Waals surface area contributed by atoms with Crippen molar-refractivity contribution in [2.75, 3.05) is 30.9 Å². The lowest BCUT2D eigenvalue weighted by atomic mass is 9.92. The van der Waals surface area contributed by atoms with Crippen LogP contribution >= 0.6 is 0 Å². The van der Waals surface area contributed by atoms with E-state index in [1.54, 1.807) is 0 Å². The highest BCUT2D eigenvalue weighted by molar-refractivity contribution is 5.73. The second-order valence-electron chi connectivity index (χ2n) is 4.95. The molecule has 3 N–H and O–H groups in total. The number of para-hydroxylation sites is 1. The predicted molar refractivity (Wildman–Crippen MR) is 74.1 cm³/mol. The molecule has 0 atom stereocenters. The highest BCUT2D eigenvalue weighted by Gasteiger charge is 2.27. The molecular weight excluding hydrogens is 228 g/mol. The Hall–Kier alpha value is -1.42. The number of hydrogen-bond donors (Lipinski definition) is 2. The van der Waals surface area contributed by atoms with Gasteiger partial charge >= 0.3 is 0 Å². The smallest absolute Gasteiger partial charge is 0.144 e. The van der Waals surface area contributed by atoms with Crippen LogP contribution in [0.15, 0.2) is 18.2 Å². The molecular formula is C14H22N2O2. The number of ether oxygens (including phenoxy) is 2. The summed E-state index contributed by atoms with van der Waals surface area (Å²) in [5.41, 5.74) is 7.82. The van der Waals surface area contributed by atoms with E-state index in [4.69, 9.17) is 15.2 Å². The van der Waals surface area contributed by atoms with Gasteiger partial charge in [0, 0.05) is 18.8 Å². The number of nitrogens with two attached hydrogens (primary N) is 1. The average Bonchev–Trinajstić information content (AvgIpc) is 2.35. The molecule has 0 aromatic heterocycles. The molecule has 1 fully saturated rings. The van der Waals surface area contributed by atoms with Gasteiger partial charge in [0.2, 0.25) is 0 Å². The van der Waals surface area contributed by atoms with Crippen LogP contribution in [-0.4, -0.2) is 25.4 Å². The molecule has 0 bridgehead atoms. The van der Waals surface area contributed by atoms with Gasteiger partial charge in [0.05, 0.1) is 18.0 Å². The van der Waals surface area contributed by atoms with Gasteiger partial charge in [-0.2, -0.15) is 0 Å². The lowest BCUT2D eigenvalue weighted by Crippen LogP contribution is -2.40. The minimum Gasteiger partial charge on any atom is -0.492 e. The molecule has 1 aliphatic rings. The first kappa shape index (κ1) is 13.0. The molecule has 1 aromatic carbocycles. The largest absolute Gasteiger partial charge is 0.492 e. The maximum Gasteiger partial charge on any atom is 0.144 e. The molecule has 4 nitrogen and oxygen atoms in total. The van der Waals surface area contributed by atoms with Crippen LogP contribution in [0.25, 0.3) is 0 Å². The van der Waals surface area contributed by atoms with Crippen molar-refractivity contribution in [2.24, 2.45) is 0 Å². The Balaban J connectivity index is 2.15. The average molecular weight is 250 g/mol. The van der Waals surface area contributed by atoms with Gasteiger partial charge in [0.15, 0.2) is 0 Å². The molecule has 0 radical (unpaired) electrons. The van der Waals surface area contributed by atoms with Crippen molar-refractivity contribution < 1.29 is 9.47 Å². The summed E-state index contributed by atoms with van der Waals surface area (Å²) in [5, 5.41) is 3.54. The van der Waals surface area contributed by atoms with E-state index in [-0.39, 0.29) is 5.54 Å². The van der Waals surface area contributed by atoms with E-state index in [1.807, 2.05) is 25.1 Å². The van der Waals surface area contributed by atoms with Crippen molar-refractivity contribution in [3.8, 4) is 5.75 Å². The Kier molecular flexibility index (Phi) is 3.97. The molecule has 0 unspecified atom stereocenters. The number of nitrogen functional groups attached to an aromatic ring is 1. The van der Waals surface area contributed by atoms with Gasteiger partial charge in [-0.05, 0) is 38.8 Å². The van der Waals surface area contributed by atoms with E-state index < -0.39 is 0 Å². The van der Waals surface area contributed by atoms with Crippen molar-refractivity contribution in [1.82, 2.24) is 0 Å². The molecule has 1 aromatic rings. The van der Waals surface area contributed by atoms with Gasteiger partial charge in [-0.25, -0.2) is 0 Å². The van der Waals surface area contributed by atoms with Crippen LogP contribution in [-0.2, 0) is 4.74 Å². The minimum atomic E-state index is 0.0528. The van der Waals surface area contributed by atoms with Crippen molar-refractivity contribution in [3.63, 3.8) is 0 Å². The Labute approximate surface area is 108 Å². The van der Waals surface area contributed by atoms with Gasteiger partial charge in [-0.15, -0.1) is 0 Å². The molecule has 1 aliphatic heterocycles. The predicted octanol–water partition coefficient (Wildman–Crippen LogP) is 2.65. The summed E-state index contributed by atoms with van der Waals surface area (Å²) in [6, 6.07) is 5.86. The SMILES string of the molecule is CCOc1cccc(NC2(C)CCOCC2)c1N. The van der Waals surface area contributed by atoms with E-state index in [0.29, 0.717) is 12.3 Å². The van der Waals surface area contributed by atoms with Crippen molar-refractivity contribution >= 4 is 11.4 Å². The zero-order valence-electron chi connectivity index (χ0n) is 11.2. The second kappa shape index (κ2) is 5.48. The molecule has 100 valence electrons. The zero-order chi connectivity index (χ0) is 13.0. The monoisotopic (exact) mass is 250 g/mol. The van der Waals surface area contributed by atoms with E-state index in [0.717, 1.165) is 37.5 Å². The first-order chi connectivity index (χ1) is 8.64. The number of nitrogens with one attached hydrogen (secondary N) is 1. The van der Waals surface area contributed by atoms with E-state index in [2.05, 4.69) is 12.2 Å². The maximum atomic E-state index is 6.13. The first-order valence-electron chi connectivity index (χ1n) is 6.52. The quantitative estimate of drug-likeness (QED) is 0.807. The van der Waals surface area contributed by atoms with E-state index in [9.17, 15) is 0 Å². The molecule has 1 saturated heterocycles. The molecule has 1 heterocycles. The summed E-state index contributed by atoms with van der Waals surface area (Å²) < 4.78 is 10.9. The number of anilines is 2. The summed E-state index contributed by atoms with van der Waals surface area (Å²) in [6.45, 7) is 6.39. The van der Waals surface area contributed by atoms with Crippen LogP contribution in [0.5, 0.6) is 5.75 Å². The van der Waals surface area contributed by atoms with Crippen molar-refractivity contribution in [2.45, 2.75) is 32.2 Å². The Morgan fingerprint density at radius 3 is 2.78 bits per heavy atom. The minimum absolute atomic E-state index is 0.0528. The summed E-state index contributed by atoms with van der Waals surface area (Å²) in [6.07, 6.45) is 1.98. The summed E-state index contributed by atoms with van der Waals surface area (Å²) in [7, 11) is 0. The topological polar surface area (TPSA) is 56.5 Å². The van der Waals surface area contributed by atoms with Gasteiger partial charge in [0.1, 0.15) is 5.75 Å². The summed E-state index contributed by atoms with van der Waals surface area (Å²) >= 11 is 0. The molecule has 0 amide bonds. The molecule has 0 saturated carbocycles. The molecule has 4 heteroatoms. The van der Waals surface area contributed by atoms with Crippen LogP contribution in [0.1, 0.15) is 26.7 Å². The third-order valence-electron chi connectivity index (χ3n) is 3.40. The molecule has 0 spiro atoms. The second-order valence-corrected chi connectivity index (χ2v) is 4.95. The Bertz CT molecular complexity index is 401. The Morgan fingerprint density at radius 1 is 1.39 bits per heavy atom. The van der Waals surface area contributed by atoms with E-state index in [1.165, 1.54) is 0 Å². The fraction of sp³-hybridized carbons (Fsp3) is 0.571. The molecule has 2 rings (SSSR count). The van der Waals surface area contributed by atoms with Crippen molar-refractivity contribution in [1.29, 1.82) is 0 Å². The number of rotatable bonds is 4. The van der Waals surface area contributed by atoms with Crippen LogP contribution in [0.3, 0.4) is 0 Å². The van der Waals surface area contributed by atoms with Crippen molar-refractivity contribution in [3.05, 3.63) is 18.2 Å².